The summed E-state index contributed by atoms with van der Waals surface area (Å²) in [6.45, 7) is 6.72. The van der Waals surface area contributed by atoms with E-state index in [9.17, 15) is 0 Å². The van der Waals surface area contributed by atoms with Crippen LogP contribution in [0.25, 0.3) is 5.82 Å². The Morgan fingerprint density at radius 1 is 1.05 bits per heavy atom. The maximum absolute atomic E-state index is 5.17. The van der Waals surface area contributed by atoms with E-state index < -0.39 is 0 Å². The third-order valence-electron chi connectivity index (χ3n) is 3.32. The molecule has 2 heterocycles. The second kappa shape index (κ2) is 7.86. The lowest BCUT2D eigenvalue weighted by Gasteiger charge is -2.23. The predicted octanol–water partition coefficient (Wildman–Crippen LogP) is 1.38. The Balaban J connectivity index is 2.26. The van der Waals surface area contributed by atoms with Gasteiger partial charge in [0.1, 0.15) is 12.1 Å². The average molecular weight is 305 g/mol. The van der Waals surface area contributed by atoms with E-state index in [-0.39, 0.29) is 0 Å². The van der Waals surface area contributed by atoms with Gasteiger partial charge in [0, 0.05) is 39.1 Å². The molecule has 0 radical (unpaired) electrons. The van der Waals surface area contributed by atoms with Gasteiger partial charge in [-0.2, -0.15) is 5.10 Å². The summed E-state index contributed by atoms with van der Waals surface area (Å²) in [5, 5.41) is 4.46. The Morgan fingerprint density at radius 3 is 2.27 bits per heavy atom. The molecule has 7 nitrogen and oxygen atoms in total. The predicted molar refractivity (Wildman–Crippen MR) is 84.6 cm³/mol. The molecule has 0 atom stereocenters. The van der Waals surface area contributed by atoms with Gasteiger partial charge < -0.3 is 14.4 Å². The van der Waals surface area contributed by atoms with Crippen molar-refractivity contribution in [2.45, 2.75) is 13.8 Å². The van der Waals surface area contributed by atoms with Crippen LogP contribution in [0.3, 0.4) is 0 Å². The number of rotatable bonds is 8. The Labute approximate surface area is 130 Å². The second-order valence-electron chi connectivity index (χ2n) is 5.05. The molecular formula is C15H23N5O2. The van der Waals surface area contributed by atoms with Gasteiger partial charge in [0.05, 0.1) is 18.9 Å². The SMILES string of the molecule is COCCN(CCOC)c1cc(-n2nc(C)cc2C)ncn1. The molecular weight excluding hydrogens is 282 g/mol. The summed E-state index contributed by atoms with van der Waals surface area (Å²) < 4.78 is 12.2. The number of aryl methyl sites for hydroxylation is 2. The van der Waals surface area contributed by atoms with E-state index in [1.165, 1.54) is 0 Å². The summed E-state index contributed by atoms with van der Waals surface area (Å²) in [6.07, 6.45) is 1.56. The molecule has 120 valence electrons. The van der Waals surface area contributed by atoms with Crippen LogP contribution in [0.4, 0.5) is 5.82 Å². The molecule has 0 N–H and O–H groups in total. The molecule has 0 amide bonds. The molecule has 0 unspecified atom stereocenters. The number of anilines is 1. The lowest BCUT2D eigenvalue weighted by Crippen LogP contribution is -2.31. The van der Waals surface area contributed by atoms with E-state index >= 15 is 0 Å². The van der Waals surface area contributed by atoms with Gasteiger partial charge in [-0.25, -0.2) is 14.6 Å². The van der Waals surface area contributed by atoms with Crippen LogP contribution in [-0.2, 0) is 9.47 Å². The van der Waals surface area contributed by atoms with E-state index in [2.05, 4.69) is 20.0 Å². The summed E-state index contributed by atoms with van der Waals surface area (Å²) in [4.78, 5) is 10.8. The van der Waals surface area contributed by atoms with Gasteiger partial charge in [0.15, 0.2) is 5.82 Å². The first-order valence-corrected chi connectivity index (χ1v) is 7.24. The quantitative estimate of drug-likeness (QED) is 0.734. The molecule has 2 aromatic heterocycles. The van der Waals surface area contributed by atoms with Crippen molar-refractivity contribution in [1.29, 1.82) is 0 Å². The monoisotopic (exact) mass is 305 g/mol. The molecule has 0 spiro atoms. The maximum atomic E-state index is 5.17. The largest absolute Gasteiger partial charge is 0.383 e. The van der Waals surface area contributed by atoms with Crippen LogP contribution in [0.2, 0.25) is 0 Å². The van der Waals surface area contributed by atoms with E-state index in [0.29, 0.717) is 13.2 Å². The van der Waals surface area contributed by atoms with E-state index in [4.69, 9.17) is 9.47 Å². The first-order chi connectivity index (χ1) is 10.7. The molecule has 2 aromatic rings. The summed E-state index contributed by atoms with van der Waals surface area (Å²) in [6, 6.07) is 3.96. The highest BCUT2D eigenvalue weighted by Gasteiger charge is 2.11. The lowest BCUT2D eigenvalue weighted by atomic mass is 10.4. The van der Waals surface area contributed by atoms with Crippen molar-refractivity contribution in [3.8, 4) is 5.82 Å². The maximum Gasteiger partial charge on any atom is 0.159 e. The standard InChI is InChI=1S/C15H23N5O2/c1-12-9-13(2)20(18-12)15-10-14(16-11-17-15)19(5-7-21-3)6-8-22-4/h9-11H,5-8H2,1-4H3. The fraction of sp³-hybridized carbons (Fsp3) is 0.533. The van der Waals surface area contributed by atoms with E-state index in [1.807, 2.05) is 30.7 Å². The molecule has 0 saturated carbocycles. The number of aromatic nitrogens is 4. The van der Waals surface area contributed by atoms with E-state index in [0.717, 1.165) is 36.1 Å². The Hall–Kier alpha value is -1.99. The highest BCUT2D eigenvalue weighted by molar-refractivity contribution is 5.43. The number of hydrogen-bond acceptors (Lipinski definition) is 6. The van der Waals surface area contributed by atoms with Gasteiger partial charge in [0.2, 0.25) is 0 Å². The minimum absolute atomic E-state index is 0.628. The number of ether oxygens (including phenoxy) is 2. The normalized spacial score (nSPS) is 10.9. The highest BCUT2D eigenvalue weighted by Crippen LogP contribution is 2.15. The smallest absolute Gasteiger partial charge is 0.159 e. The van der Waals surface area contributed by atoms with Crippen molar-refractivity contribution in [3.63, 3.8) is 0 Å². The van der Waals surface area contributed by atoms with Crippen LogP contribution in [-0.4, -0.2) is 60.3 Å². The minimum atomic E-state index is 0.628. The van der Waals surface area contributed by atoms with Crippen molar-refractivity contribution in [2.24, 2.45) is 0 Å². The van der Waals surface area contributed by atoms with Crippen molar-refractivity contribution in [3.05, 3.63) is 29.8 Å². The van der Waals surface area contributed by atoms with Gasteiger partial charge >= 0.3 is 0 Å². The van der Waals surface area contributed by atoms with Crippen LogP contribution < -0.4 is 4.90 Å². The topological polar surface area (TPSA) is 65.3 Å². The summed E-state index contributed by atoms with van der Waals surface area (Å²) in [5.41, 5.74) is 2.01. The number of hydrogen-bond donors (Lipinski definition) is 0. The van der Waals surface area contributed by atoms with Crippen LogP contribution in [0, 0.1) is 13.8 Å². The zero-order valence-electron chi connectivity index (χ0n) is 13.6. The van der Waals surface area contributed by atoms with Crippen LogP contribution >= 0.6 is 0 Å². The molecule has 22 heavy (non-hydrogen) atoms. The van der Waals surface area contributed by atoms with Gasteiger partial charge in [-0.15, -0.1) is 0 Å². The highest BCUT2D eigenvalue weighted by atomic mass is 16.5. The van der Waals surface area contributed by atoms with Crippen molar-refractivity contribution in [2.75, 3.05) is 45.4 Å². The second-order valence-corrected chi connectivity index (χ2v) is 5.05. The summed E-state index contributed by atoms with van der Waals surface area (Å²) in [7, 11) is 3.38. The average Bonchev–Trinajstić information content (AvgIpc) is 2.86. The molecule has 0 aliphatic rings. The van der Waals surface area contributed by atoms with Gasteiger partial charge in [-0.1, -0.05) is 0 Å². The van der Waals surface area contributed by atoms with Crippen molar-refractivity contribution >= 4 is 5.82 Å². The number of methoxy groups -OCH3 is 2. The van der Waals surface area contributed by atoms with Crippen LogP contribution in [0.5, 0.6) is 0 Å². The molecule has 0 saturated heterocycles. The minimum Gasteiger partial charge on any atom is -0.383 e. The van der Waals surface area contributed by atoms with E-state index in [1.54, 1.807) is 20.5 Å². The fourth-order valence-corrected chi connectivity index (χ4v) is 2.23. The molecule has 0 fully saturated rings. The molecule has 0 aromatic carbocycles. The first kappa shape index (κ1) is 16.4. The zero-order valence-corrected chi connectivity index (χ0v) is 13.6. The molecule has 2 rings (SSSR count). The lowest BCUT2D eigenvalue weighted by molar-refractivity contribution is 0.190. The van der Waals surface area contributed by atoms with Gasteiger partial charge in [0.25, 0.3) is 0 Å². The van der Waals surface area contributed by atoms with Gasteiger partial charge in [-0.3, -0.25) is 0 Å². The summed E-state index contributed by atoms with van der Waals surface area (Å²) >= 11 is 0. The molecule has 0 aliphatic carbocycles. The molecule has 0 bridgehead atoms. The fourth-order valence-electron chi connectivity index (χ4n) is 2.23. The van der Waals surface area contributed by atoms with Crippen molar-refractivity contribution in [1.82, 2.24) is 19.7 Å². The molecule has 7 heteroatoms. The first-order valence-electron chi connectivity index (χ1n) is 7.24. The Kier molecular flexibility index (Phi) is 5.85. The van der Waals surface area contributed by atoms with Gasteiger partial charge in [-0.05, 0) is 19.9 Å². The van der Waals surface area contributed by atoms with Crippen molar-refractivity contribution < 1.29 is 9.47 Å². The van der Waals surface area contributed by atoms with Crippen LogP contribution in [0.1, 0.15) is 11.4 Å². The van der Waals surface area contributed by atoms with Crippen LogP contribution in [0.15, 0.2) is 18.5 Å². The zero-order chi connectivity index (χ0) is 15.9. The third-order valence-corrected chi connectivity index (χ3v) is 3.32. The third kappa shape index (κ3) is 4.02. The summed E-state index contributed by atoms with van der Waals surface area (Å²) in [5.74, 6) is 1.60. The Morgan fingerprint density at radius 2 is 1.73 bits per heavy atom. The molecule has 0 aliphatic heterocycles. The number of nitrogens with zero attached hydrogens (tertiary/aromatic N) is 5. The Bertz CT molecular complexity index is 591.